The Morgan fingerprint density at radius 3 is 2.72 bits per heavy atom. The van der Waals surface area contributed by atoms with Gasteiger partial charge in [0.25, 0.3) is 0 Å². The second-order valence-corrected chi connectivity index (χ2v) is 4.50. The van der Waals surface area contributed by atoms with Gasteiger partial charge in [-0.25, -0.2) is 4.98 Å². The van der Waals surface area contributed by atoms with Gasteiger partial charge in [-0.05, 0) is 12.8 Å². The summed E-state index contributed by atoms with van der Waals surface area (Å²) in [7, 11) is 0. The molecule has 98 valence electrons. The van der Waals surface area contributed by atoms with Crippen molar-refractivity contribution in [2.75, 3.05) is 0 Å². The van der Waals surface area contributed by atoms with Crippen LogP contribution in [0.2, 0.25) is 0 Å². The molecule has 18 heavy (non-hydrogen) atoms. The maximum absolute atomic E-state index is 11.9. The Morgan fingerprint density at radius 2 is 2.28 bits per heavy atom. The fraction of sp³-hybridized carbons (Fsp3) is 0.583. The molecule has 0 radical (unpaired) electrons. The highest BCUT2D eigenvalue weighted by molar-refractivity contribution is 6.02. The van der Waals surface area contributed by atoms with E-state index in [4.69, 9.17) is 9.52 Å². The molecule has 0 bridgehead atoms. The SMILES string of the molecule is CCc1cnc(CNC(=O)C2(C(=O)O)CCC2)o1. The fourth-order valence-corrected chi connectivity index (χ4v) is 1.99. The van der Waals surface area contributed by atoms with Crippen molar-refractivity contribution in [3.63, 3.8) is 0 Å². The lowest BCUT2D eigenvalue weighted by Crippen LogP contribution is -2.50. The van der Waals surface area contributed by atoms with Crippen LogP contribution in [0.1, 0.15) is 37.8 Å². The Labute approximate surface area is 104 Å². The molecule has 1 amide bonds. The quantitative estimate of drug-likeness (QED) is 0.766. The lowest BCUT2D eigenvalue weighted by atomic mass is 9.68. The molecule has 2 N–H and O–H groups in total. The zero-order valence-corrected chi connectivity index (χ0v) is 10.2. The molecule has 0 saturated heterocycles. The van der Waals surface area contributed by atoms with Gasteiger partial charge in [-0.15, -0.1) is 0 Å². The van der Waals surface area contributed by atoms with Crippen LogP contribution in [0.5, 0.6) is 0 Å². The first-order valence-corrected chi connectivity index (χ1v) is 6.04. The number of hydrogen-bond acceptors (Lipinski definition) is 4. The minimum absolute atomic E-state index is 0.133. The van der Waals surface area contributed by atoms with Gasteiger partial charge in [0.15, 0.2) is 0 Å². The van der Waals surface area contributed by atoms with Crippen molar-refractivity contribution >= 4 is 11.9 Å². The topological polar surface area (TPSA) is 92.4 Å². The first-order chi connectivity index (χ1) is 8.58. The molecule has 1 fully saturated rings. The molecular formula is C12H16N2O4. The number of carbonyl (C=O) groups is 2. The maximum Gasteiger partial charge on any atom is 0.319 e. The number of aryl methyl sites for hydroxylation is 1. The van der Waals surface area contributed by atoms with Crippen LogP contribution in [0, 0.1) is 5.41 Å². The van der Waals surface area contributed by atoms with Crippen molar-refractivity contribution in [2.45, 2.75) is 39.2 Å². The second-order valence-electron chi connectivity index (χ2n) is 4.50. The third-order valence-electron chi connectivity index (χ3n) is 3.40. The van der Waals surface area contributed by atoms with E-state index < -0.39 is 17.3 Å². The Bertz CT molecular complexity index is 462. The van der Waals surface area contributed by atoms with E-state index in [0.29, 0.717) is 18.7 Å². The van der Waals surface area contributed by atoms with Crippen molar-refractivity contribution in [2.24, 2.45) is 5.41 Å². The molecule has 1 heterocycles. The van der Waals surface area contributed by atoms with E-state index in [-0.39, 0.29) is 6.54 Å². The molecule has 1 aliphatic rings. The second kappa shape index (κ2) is 4.80. The Morgan fingerprint density at radius 1 is 1.56 bits per heavy atom. The van der Waals surface area contributed by atoms with Crippen LogP contribution in [0.15, 0.2) is 10.6 Å². The van der Waals surface area contributed by atoms with Crippen molar-refractivity contribution in [3.05, 3.63) is 17.8 Å². The summed E-state index contributed by atoms with van der Waals surface area (Å²) in [5, 5.41) is 11.7. The summed E-state index contributed by atoms with van der Waals surface area (Å²) < 4.78 is 5.33. The molecule has 0 aromatic carbocycles. The van der Waals surface area contributed by atoms with Crippen LogP contribution in [0.25, 0.3) is 0 Å². The summed E-state index contributed by atoms with van der Waals surface area (Å²) in [6.45, 7) is 2.07. The minimum Gasteiger partial charge on any atom is -0.480 e. The average molecular weight is 252 g/mol. The summed E-state index contributed by atoms with van der Waals surface area (Å²) >= 11 is 0. The zero-order chi connectivity index (χ0) is 13.2. The van der Waals surface area contributed by atoms with Gasteiger partial charge in [0.1, 0.15) is 11.2 Å². The number of aliphatic carboxylic acids is 1. The lowest BCUT2D eigenvalue weighted by molar-refractivity contribution is -0.162. The summed E-state index contributed by atoms with van der Waals surface area (Å²) in [5.41, 5.74) is -1.24. The highest BCUT2D eigenvalue weighted by Gasteiger charge is 2.51. The number of hydrogen-bond donors (Lipinski definition) is 2. The highest BCUT2D eigenvalue weighted by Crippen LogP contribution is 2.41. The van der Waals surface area contributed by atoms with E-state index in [1.807, 2.05) is 6.92 Å². The monoisotopic (exact) mass is 252 g/mol. The largest absolute Gasteiger partial charge is 0.480 e. The molecule has 0 atom stereocenters. The van der Waals surface area contributed by atoms with Crippen LogP contribution in [0.4, 0.5) is 0 Å². The number of nitrogens with zero attached hydrogens (tertiary/aromatic N) is 1. The van der Waals surface area contributed by atoms with E-state index >= 15 is 0 Å². The number of carbonyl (C=O) groups excluding carboxylic acids is 1. The van der Waals surface area contributed by atoms with Gasteiger partial charge in [-0.1, -0.05) is 13.3 Å². The van der Waals surface area contributed by atoms with Gasteiger partial charge in [0.05, 0.1) is 12.7 Å². The van der Waals surface area contributed by atoms with Crippen LogP contribution in [-0.2, 0) is 22.6 Å². The van der Waals surface area contributed by atoms with Crippen LogP contribution in [0.3, 0.4) is 0 Å². The van der Waals surface area contributed by atoms with E-state index in [0.717, 1.165) is 18.6 Å². The predicted octanol–water partition coefficient (Wildman–Crippen LogP) is 1.11. The third-order valence-corrected chi connectivity index (χ3v) is 3.40. The Balaban J connectivity index is 1.93. The zero-order valence-electron chi connectivity index (χ0n) is 10.2. The number of oxazole rings is 1. The molecule has 1 aromatic heterocycles. The Hall–Kier alpha value is -1.85. The van der Waals surface area contributed by atoms with Crippen LogP contribution in [-0.4, -0.2) is 22.0 Å². The van der Waals surface area contributed by atoms with Crippen LogP contribution >= 0.6 is 0 Å². The fourth-order valence-electron chi connectivity index (χ4n) is 1.99. The number of carboxylic acids is 1. The normalized spacial score (nSPS) is 16.9. The molecular weight excluding hydrogens is 236 g/mol. The molecule has 1 aromatic rings. The summed E-state index contributed by atoms with van der Waals surface area (Å²) in [6.07, 6.45) is 3.93. The Kier molecular flexibility index (Phi) is 3.36. The first kappa shape index (κ1) is 12.6. The lowest BCUT2D eigenvalue weighted by Gasteiger charge is -2.35. The van der Waals surface area contributed by atoms with Gasteiger partial charge in [0.2, 0.25) is 11.8 Å². The molecule has 1 saturated carbocycles. The summed E-state index contributed by atoms with van der Waals surface area (Å²) in [4.78, 5) is 27.0. The van der Waals surface area contributed by atoms with E-state index in [9.17, 15) is 9.59 Å². The number of amides is 1. The smallest absolute Gasteiger partial charge is 0.319 e. The van der Waals surface area contributed by atoms with Gasteiger partial charge in [0, 0.05) is 6.42 Å². The van der Waals surface area contributed by atoms with Gasteiger partial charge in [-0.2, -0.15) is 0 Å². The summed E-state index contributed by atoms with van der Waals surface area (Å²) in [6, 6.07) is 0. The standard InChI is InChI=1S/C12H16N2O4/c1-2-8-6-13-9(18-8)7-14-10(15)12(11(16)17)4-3-5-12/h6H,2-5,7H2,1H3,(H,14,15)(H,16,17). The molecule has 6 nitrogen and oxygen atoms in total. The van der Waals surface area contributed by atoms with Gasteiger partial charge < -0.3 is 14.8 Å². The van der Waals surface area contributed by atoms with Crippen molar-refractivity contribution in [3.8, 4) is 0 Å². The number of nitrogens with one attached hydrogen (secondary N) is 1. The predicted molar refractivity (Wildman–Crippen MR) is 61.6 cm³/mol. The highest BCUT2D eigenvalue weighted by atomic mass is 16.4. The molecule has 1 aliphatic carbocycles. The van der Waals surface area contributed by atoms with E-state index in [1.54, 1.807) is 6.20 Å². The molecule has 6 heteroatoms. The average Bonchev–Trinajstić information content (AvgIpc) is 2.72. The van der Waals surface area contributed by atoms with Crippen LogP contribution < -0.4 is 5.32 Å². The van der Waals surface area contributed by atoms with Crippen molar-refractivity contribution in [1.29, 1.82) is 0 Å². The molecule has 0 unspecified atom stereocenters. The maximum atomic E-state index is 11.9. The van der Waals surface area contributed by atoms with E-state index in [2.05, 4.69) is 10.3 Å². The number of carboxylic acid groups (broad SMARTS) is 1. The molecule has 0 aliphatic heterocycles. The first-order valence-electron chi connectivity index (χ1n) is 6.04. The summed E-state index contributed by atoms with van der Waals surface area (Å²) in [5.74, 6) is -0.346. The van der Waals surface area contributed by atoms with Crippen molar-refractivity contribution < 1.29 is 19.1 Å². The minimum atomic E-state index is -1.24. The molecule has 2 rings (SSSR count). The van der Waals surface area contributed by atoms with Crippen molar-refractivity contribution in [1.82, 2.24) is 10.3 Å². The van der Waals surface area contributed by atoms with Gasteiger partial charge >= 0.3 is 5.97 Å². The number of rotatable bonds is 5. The third kappa shape index (κ3) is 2.10. The van der Waals surface area contributed by atoms with E-state index in [1.165, 1.54) is 0 Å². The van der Waals surface area contributed by atoms with Gasteiger partial charge in [-0.3, -0.25) is 9.59 Å². The number of aromatic nitrogens is 1. The molecule has 0 spiro atoms.